The first-order valence-corrected chi connectivity index (χ1v) is 6.55. The molecule has 5 nitrogen and oxygen atoms in total. The number of nitrogens with zero attached hydrogens (tertiary/aromatic N) is 2. The Labute approximate surface area is 114 Å². The van der Waals surface area contributed by atoms with Gasteiger partial charge < -0.3 is 15.8 Å². The third-order valence-electron chi connectivity index (χ3n) is 2.65. The highest BCUT2D eigenvalue weighted by Gasteiger charge is 2.04. The number of aromatic nitrogens is 2. The number of rotatable bonds is 3. The fraction of sp³-hybridized carbons (Fsp3) is 0.0769. The minimum atomic E-state index is 0.179. The van der Waals surface area contributed by atoms with Crippen LogP contribution in [0.25, 0.3) is 10.1 Å². The topological polar surface area (TPSA) is 73.1 Å². The van der Waals surface area contributed by atoms with Crippen molar-refractivity contribution in [2.24, 2.45) is 0 Å². The van der Waals surface area contributed by atoms with E-state index in [0.717, 1.165) is 5.69 Å². The van der Waals surface area contributed by atoms with Gasteiger partial charge in [-0.15, -0.1) is 11.3 Å². The fourth-order valence-electron chi connectivity index (χ4n) is 1.80. The monoisotopic (exact) mass is 272 g/mol. The zero-order valence-electron chi connectivity index (χ0n) is 10.3. The molecule has 19 heavy (non-hydrogen) atoms. The summed E-state index contributed by atoms with van der Waals surface area (Å²) < 4.78 is 6.32. The van der Waals surface area contributed by atoms with Gasteiger partial charge in [0.2, 0.25) is 11.8 Å². The van der Waals surface area contributed by atoms with Crippen LogP contribution in [-0.2, 0) is 0 Å². The molecule has 0 atom stereocenters. The van der Waals surface area contributed by atoms with E-state index in [2.05, 4.69) is 38.9 Å². The molecule has 0 aliphatic carbocycles. The van der Waals surface area contributed by atoms with Gasteiger partial charge in [0.05, 0.1) is 7.11 Å². The van der Waals surface area contributed by atoms with Gasteiger partial charge in [-0.3, -0.25) is 0 Å². The summed E-state index contributed by atoms with van der Waals surface area (Å²) in [6.07, 6.45) is 0. The summed E-state index contributed by atoms with van der Waals surface area (Å²) in [6.45, 7) is 0. The molecule has 0 bridgehead atoms. The van der Waals surface area contributed by atoms with Crippen molar-refractivity contribution in [3.8, 4) is 5.88 Å². The van der Waals surface area contributed by atoms with Gasteiger partial charge in [-0.25, -0.2) is 0 Å². The van der Waals surface area contributed by atoms with Crippen molar-refractivity contribution in [2.75, 3.05) is 18.2 Å². The first kappa shape index (κ1) is 11.7. The van der Waals surface area contributed by atoms with Crippen LogP contribution in [0, 0.1) is 0 Å². The second kappa shape index (κ2) is 4.74. The largest absolute Gasteiger partial charge is 0.481 e. The van der Waals surface area contributed by atoms with E-state index >= 15 is 0 Å². The van der Waals surface area contributed by atoms with Gasteiger partial charge in [-0.05, 0) is 35.0 Å². The summed E-state index contributed by atoms with van der Waals surface area (Å²) in [5.41, 5.74) is 6.57. The summed E-state index contributed by atoms with van der Waals surface area (Å²) in [6, 6.07) is 9.93. The molecule has 0 spiro atoms. The Morgan fingerprint density at radius 3 is 2.95 bits per heavy atom. The number of thiophene rings is 1. The Morgan fingerprint density at radius 2 is 2.11 bits per heavy atom. The number of nitrogen functional groups attached to an aromatic ring is 1. The number of anilines is 3. The summed E-state index contributed by atoms with van der Waals surface area (Å²) in [5, 5.41) is 6.46. The molecular weight excluding hydrogens is 260 g/mol. The van der Waals surface area contributed by atoms with E-state index in [4.69, 9.17) is 10.5 Å². The molecule has 0 amide bonds. The smallest absolute Gasteiger partial charge is 0.225 e. The van der Waals surface area contributed by atoms with Crippen molar-refractivity contribution in [1.29, 1.82) is 0 Å². The van der Waals surface area contributed by atoms with Gasteiger partial charge in [0.25, 0.3) is 0 Å². The van der Waals surface area contributed by atoms with Crippen molar-refractivity contribution < 1.29 is 4.74 Å². The van der Waals surface area contributed by atoms with E-state index in [1.54, 1.807) is 24.5 Å². The molecular formula is C13H12N4OS. The molecule has 0 aliphatic heterocycles. The molecule has 2 heterocycles. The minimum Gasteiger partial charge on any atom is -0.481 e. The minimum absolute atomic E-state index is 0.179. The Balaban J connectivity index is 1.93. The Morgan fingerprint density at radius 1 is 1.21 bits per heavy atom. The predicted molar refractivity (Wildman–Crippen MR) is 78.1 cm³/mol. The molecule has 1 aromatic carbocycles. The predicted octanol–water partition coefficient (Wildman–Crippen LogP) is 3.03. The normalized spacial score (nSPS) is 10.6. The zero-order chi connectivity index (χ0) is 13.2. The van der Waals surface area contributed by atoms with Crippen LogP contribution in [0.4, 0.5) is 17.5 Å². The lowest BCUT2D eigenvalue weighted by molar-refractivity contribution is 0.398. The van der Waals surface area contributed by atoms with Crippen LogP contribution < -0.4 is 15.8 Å². The van der Waals surface area contributed by atoms with Gasteiger partial charge in [0.1, 0.15) is 5.82 Å². The molecule has 6 heteroatoms. The molecule has 0 saturated carbocycles. The number of benzene rings is 1. The lowest BCUT2D eigenvalue weighted by Crippen LogP contribution is -2.01. The molecule has 3 aromatic rings. The van der Waals surface area contributed by atoms with Crippen LogP contribution in [0.3, 0.4) is 0 Å². The van der Waals surface area contributed by atoms with Gasteiger partial charge in [0.15, 0.2) is 0 Å². The van der Waals surface area contributed by atoms with Crippen LogP contribution in [-0.4, -0.2) is 17.1 Å². The summed E-state index contributed by atoms with van der Waals surface area (Å²) >= 11 is 1.72. The van der Waals surface area contributed by atoms with Crippen LogP contribution in [0.1, 0.15) is 0 Å². The van der Waals surface area contributed by atoms with Gasteiger partial charge in [-0.2, -0.15) is 9.97 Å². The van der Waals surface area contributed by atoms with Crippen LogP contribution >= 0.6 is 11.3 Å². The average molecular weight is 272 g/mol. The standard InChI is InChI=1S/C13H12N4OS/c1-18-12-7-11(16-13(14)17-12)15-9-2-3-10-8(6-9)4-5-19-10/h2-7H,1H3,(H3,14,15,16,17). The molecule has 0 aliphatic rings. The van der Waals surface area contributed by atoms with E-state index < -0.39 is 0 Å². The molecule has 96 valence electrons. The first-order valence-electron chi connectivity index (χ1n) is 5.67. The lowest BCUT2D eigenvalue weighted by Gasteiger charge is -2.07. The molecule has 0 unspecified atom stereocenters. The average Bonchev–Trinajstić information content (AvgIpc) is 2.85. The molecule has 3 N–H and O–H groups in total. The highest BCUT2D eigenvalue weighted by Crippen LogP contribution is 2.26. The maximum absolute atomic E-state index is 5.62. The van der Waals surface area contributed by atoms with E-state index in [-0.39, 0.29) is 5.95 Å². The van der Waals surface area contributed by atoms with E-state index in [0.29, 0.717) is 11.7 Å². The SMILES string of the molecule is COc1cc(Nc2ccc3sccc3c2)nc(N)n1. The van der Waals surface area contributed by atoms with Crippen molar-refractivity contribution in [1.82, 2.24) is 9.97 Å². The summed E-state index contributed by atoms with van der Waals surface area (Å²) in [7, 11) is 1.54. The Bertz CT molecular complexity index is 725. The van der Waals surface area contributed by atoms with Crippen molar-refractivity contribution in [2.45, 2.75) is 0 Å². The summed E-state index contributed by atoms with van der Waals surface area (Å²) in [5.74, 6) is 1.23. The number of fused-ring (bicyclic) bond motifs is 1. The van der Waals surface area contributed by atoms with Crippen molar-refractivity contribution in [3.05, 3.63) is 35.7 Å². The van der Waals surface area contributed by atoms with Gasteiger partial charge in [0, 0.05) is 16.5 Å². The van der Waals surface area contributed by atoms with E-state index in [9.17, 15) is 0 Å². The molecule has 2 aromatic heterocycles. The Kier molecular flexibility index (Phi) is 2.92. The summed E-state index contributed by atoms with van der Waals surface area (Å²) in [4.78, 5) is 8.06. The van der Waals surface area contributed by atoms with Crippen LogP contribution in [0.5, 0.6) is 5.88 Å². The number of ether oxygens (including phenoxy) is 1. The van der Waals surface area contributed by atoms with Crippen molar-refractivity contribution in [3.63, 3.8) is 0 Å². The number of nitrogens with two attached hydrogens (primary N) is 1. The quantitative estimate of drug-likeness (QED) is 0.766. The lowest BCUT2D eigenvalue weighted by atomic mass is 10.2. The number of methoxy groups -OCH3 is 1. The van der Waals surface area contributed by atoms with E-state index in [1.165, 1.54) is 10.1 Å². The van der Waals surface area contributed by atoms with Gasteiger partial charge in [-0.1, -0.05) is 0 Å². The maximum atomic E-state index is 5.62. The molecule has 0 radical (unpaired) electrons. The highest BCUT2D eigenvalue weighted by atomic mass is 32.1. The Hall–Kier alpha value is -2.34. The third-order valence-corrected chi connectivity index (χ3v) is 3.55. The second-order valence-corrected chi connectivity index (χ2v) is 4.90. The first-order chi connectivity index (χ1) is 9.24. The van der Waals surface area contributed by atoms with E-state index in [1.807, 2.05) is 6.07 Å². The number of hydrogen-bond acceptors (Lipinski definition) is 6. The van der Waals surface area contributed by atoms with Crippen LogP contribution in [0.2, 0.25) is 0 Å². The highest BCUT2D eigenvalue weighted by molar-refractivity contribution is 7.17. The van der Waals surface area contributed by atoms with Crippen molar-refractivity contribution >= 4 is 38.9 Å². The zero-order valence-corrected chi connectivity index (χ0v) is 11.1. The van der Waals surface area contributed by atoms with Gasteiger partial charge >= 0.3 is 0 Å². The second-order valence-electron chi connectivity index (χ2n) is 3.95. The van der Waals surface area contributed by atoms with Crippen LogP contribution in [0.15, 0.2) is 35.7 Å². The molecule has 0 saturated heterocycles. The molecule has 0 fully saturated rings. The number of hydrogen-bond donors (Lipinski definition) is 2. The fourth-order valence-corrected chi connectivity index (χ4v) is 2.57. The third kappa shape index (κ3) is 2.43. The maximum Gasteiger partial charge on any atom is 0.225 e. The molecule has 3 rings (SSSR count). The number of nitrogens with one attached hydrogen (secondary N) is 1.